The lowest BCUT2D eigenvalue weighted by Gasteiger charge is -2.22. The monoisotopic (exact) mass is 389 g/mol. The molecule has 0 saturated carbocycles. The van der Waals surface area contributed by atoms with Gasteiger partial charge in [0.25, 0.3) is 5.17 Å². The average Bonchev–Trinajstić information content (AvgIpc) is 2.48. The Hall–Kier alpha value is -1.02. The second-order valence-corrected chi connectivity index (χ2v) is 6.18. The van der Waals surface area contributed by atoms with Gasteiger partial charge in [0.2, 0.25) is 0 Å². The van der Waals surface area contributed by atoms with E-state index >= 15 is 0 Å². The molecule has 9 heteroatoms. The number of benzene rings is 2. The van der Waals surface area contributed by atoms with Gasteiger partial charge < -0.3 is 19.7 Å². The summed E-state index contributed by atoms with van der Waals surface area (Å²) in [7, 11) is -0.0846. The summed E-state index contributed by atoms with van der Waals surface area (Å²) in [6.07, 6.45) is 0. The van der Waals surface area contributed by atoms with E-state index in [9.17, 15) is 10.0 Å². The smallest absolute Gasteiger partial charge is 0.432 e. The number of ether oxygens (including phenoxy) is 1. The van der Waals surface area contributed by atoms with Crippen molar-refractivity contribution in [3.8, 4) is 5.75 Å². The molecule has 2 rings (SSSR count). The van der Waals surface area contributed by atoms with E-state index in [1.165, 1.54) is 17.0 Å². The maximum absolute atomic E-state index is 9.33. The highest BCUT2D eigenvalue weighted by atomic mass is 35.5. The van der Waals surface area contributed by atoms with Crippen LogP contribution in [0.5, 0.6) is 5.75 Å². The van der Waals surface area contributed by atoms with Crippen molar-refractivity contribution in [1.82, 2.24) is 0 Å². The van der Waals surface area contributed by atoms with Crippen LogP contribution in [0.15, 0.2) is 36.4 Å². The summed E-state index contributed by atoms with van der Waals surface area (Å²) in [5, 5.41) is 19.8. The molecule has 2 N–H and O–H groups in total. The Balaban J connectivity index is 2.25. The highest BCUT2D eigenvalue weighted by Crippen LogP contribution is 2.28. The van der Waals surface area contributed by atoms with Gasteiger partial charge in [0.1, 0.15) is 5.75 Å². The molecule has 0 aliphatic carbocycles. The fourth-order valence-electron chi connectivity index (χ4n) is 1.78. The molecule has 0 amide bonds. The van der Waals surface area contributed by atoms with Crippen molar-refractivity contribution < 1.29 is 14.8 Å². The molecule has 120 valence electrons. The molecule has 0 fully saturated rings. The van der Waals surface area contributed by atoms with Gasteiger partial charge in [0.15, 0.2) is 0 Å². The van der Waals surface area contributed by atoms with E-state index in [0.717, 1.165) is 0 Å². The zero-order chi connectivity index (χ0) is 17.1. The van der Waals surface area contributed by atoms with Crippen LogP contribution in [0.25, 0.3) is 0 Å². The number of nitrogens with zero attached hydrogens (tertiary/aromatic N) is 1. The molecule has 2 aromatic rings. The highest BCUT2D eigenvalue weighted by molar-refractivity contribution is 7.80. The number of anilines is 1. The van der Waals surface area contributed by atoms with Crippen molar-refractivity contribution in [2.45, 2.75) is 0 Å². The Kier molecular flexibility index (Phi) is 6.14. The van der Waals surface area contributed by atoms with Gasteiger partial charge in [-0.3, -0.25) is 0 Å². The Bertz CT molecular complexity index is 728. The first-order valence-corrected chi connectivity index (χ1v) is 7.90. The highest BCUT2D eigenvalue weighted by Gasteiger charge is 2.21. The van der Waals surface area contributed by atoms with Crippen LogP contribution in [0, 0.1) is 0 Å². The zero-order valence-electron chi connectivity index (χ0n) is 11.8. The quantitative estimate of drug-likeness (QED) is 0.623. The summed E-state index contributed by atoms with van der Waals surface area (Å²) in [5.74, 6) is 0.513. The Morgan fingerprint density at radius 2 is 1.70 bits per heavy atom. The molecule has 0 saturated heterocycles. The molecule has 23 heavy (non-hydrogen) atoms. The molecule has 0 aromatic heterocycles. The van der Waals surface area contributed by atoms with E-state index < -0.39 is 7.12 Å². The van der Waals surface area contributed by atoms with Gasteiger partial charge in [-0.15, -0.1) is 0 Å². The number of hydrogen-bond acceptors (Lipinski definition) is 4. The molecular weight excluding hydrogens is 379 g/mol. The number of thiocarbonyl (C=S) groups is 1. The zero-order valence-corrected chi connectivity index (χ0v) is 14.9. The van der Waals surface area contributed by atoms with Crippen LogP contribution in [0.1, 0.15) is 0 Å². The van der Waals surface area contributed by atoms with Crippen LogP contribution in [0.4, 0.5) is 5.69 Å². The first kappa shape index (κ1) is 18.3. The minimum atomic E-state index is -1.72. The van der Waals surface area contributed by atoms with Crippen LogP contribution < -0.4 is 15.1 Å². The third-order valence-electron chi connectivity index (χ3n) is 3.00. The lowest BCUT2D eigenvalue weighted by atomic mass is 9.80. The standard InChI is InChI=1S/C14H11BCl3NO3S/c1-19(14(23)22-9-4-2-8(16)3-5-9)13-6-10(15(20)21)11(17)7-12(13)18/h2-7,20-21H,1H3. The van der Waals surface area contributed by atoms with Gasteiger partial charge in [-0.25, -0.2) is 0 Å². The molecule has 0 bridgehead atoms. The summed E-state index contributed by atoms with van der Waals surface area (Å²) >= 11 is 23.1. The molecule has 0 unspecified atom stereocenters. The van der Waals surface area contributed by atoms with Crippen molar-refractivity contribution in [1.29, 1.82) is 0 Å². The van der Waals surface area contributed by atoms with Gasteiger partial charge >= 0.3 is 7.12 Å². The molecule has 0 heterocycles. The number of halogens is 3. The van der Waals surface area contributed by atoms with Crippen LogP contribution in [-0.2, 0) is 0 Å². The third-order valence-corrected chi connectivity index (χ3v) is 4.24. The van der Waals surface area contributed by atoms with Crippen molar-refractivity contribution in [3.05, 3.63) is 51.5 Å². The molecular formula is C14H11BCl3NO3S. The van der Waals surface area contributed by atoms with Crippen LogP contribution in [-0.4, -0.2) is 29.4 Å². The molecule has 4 nitrogen and oxygen atoms in total. The van der Waals surface area contributed by atoms with Crippen LogP contribution in [0.2, 0.25) is 15.1 Å². The lowest BCUT2D eigenvalue weighted by Crippen LogP contribution is -2.34. The van der Waals surface area contributed by atoms with Gasteiger partial charge in [-0.05, 0) is 48.6 Å². The minimum absolute atomic E-state index is 0.118. The summed E-state index contributed by atoms with van der Waals surface area (Å²) < 4.78 is 5.55. The van der Waals surface area contributed by atoms with E-state index in [0.29, 0.717) is 21.5 Å². The van der Waals surface area contributed by atoms with E-state index in [4.69, 9.17) is 51.8 Å². The maximum atomic E-state index is 9.33. The molecule has 0 radical (unpaired) electrons. The largest absolute Gasteiger partial charge is 0.490 e. The Labute approximate surface area is 154 Å². The summed E-state index contributed by atoms with van der Waals surface area (Å²) in [6, 6.07) is 9.55. The van der Waals surface area contributed by atoms with Crippen molar-refractivity contribution >= 4 is 70.5 Å². The minimum Gasteiger partial charge on any atom is -0.432 e. The lowest BCUT2D eigenvalue weighted by molar-refractivity contribution is 0.426. The molecule has 0 atom stereocenters. The average molecular weight is 390 g/mol. The van der Waals surface area contributed by atoms with Gasteiger partial charge in [0, 0.05) is 22.6 Å². The summed E-state index contributed by atoms with van der Waals surface area (Å²) in [4.78, 5) is 1.49. The first-order valence-electron chi connectivity index (χ1n) is 6.35. The van der Waals surface area contributed by atoms with E-state index in [2.05, 4.69) is 0 Å². The summed E-state index contributed by atoms with van der Waals surface area (Å²) in [5.41, 5.74) is 0.547. The third kappa shape index (κ3) is 4.50. The molecule has 0 spiro atoms. The van der Waals surface area contributed by atoms with Crippen LogP contribution >= 0.6 is 47.0 Å². The second kappa shape index (κ2) is 7.70. The second-order valence-electron chi connectivity index (χ2n) is 4.58. The fourth-order valence-corrected chi connectivity index (χ4v) is 2.71. The predicted octanol–water partition coefficient (Wildman–Crippen LogP) is 3.13. The normalized spacial score (nSPS) is 10.3. The number of hydrogen-bond donors (Lipinski definition) is 2. The van der Waals surface area contributed by atoms with Crippen LogP contribution in [0.3, 0.4) is 0 Å². The summed E-state index contributed by atoms with van der Waals surface area (Å²) in [6.45, 7) is 0. The predicted molar refractivity (Wildman–Crippen MR) is 99.4 cm³/mol. The van der Waals surface area contributed by atoms with Crippen molar-refractivity contribution in [2.24, 2.45) is 0 Å². The van der Waals surface area contributed by atoms with Crippen molar-refractivity contribution in [2.75, 3.05) is 11.9 Å². The number of rotatable bonds is 3. The Morgan fingerprint density at radius 3 is 2.26 bits per heavy atom. The molecule has 0 aliphatic heterocycles. The topological polar surface area (TPSA) is 52.9 Å². The maximum Gasteiger partial charge on any atom is 0.490 e. The fraction of sp³-hybridized carbons (Fsp3) is 0.0714. The van der Waals surface area contributed by atoms with Gasteiger partial charge in [-0.2, -0.15) is 0 Å². The Morgan fingerprint density at radius 1 is 1.09 bits per heavy atom. The van der Waals surface area contributed by atoms with Crippen molar-refractivity contribution in [3.63, 3.8) is 0 Å². The first-order chi connectivity index (χ1) is 10.8. The van der Waals surface area contributed by atoms with Gasteiger partial charge in [-0.1, -0.05) is 34.8 Å². The van der Waals surface area contributed by atoms with E-state index in [1.807, 2.05) is 0 Å². The molecule has 0 aliphatic rings. The van der Waals surface area contributed by atoms with E-state index in [1.54, 1.807) is 31.3 Å². The van der Waals surface area contributed by atoms with Gasteiger partial charge in [0.05, 0.1) is 10.7 Å². The SMILES string of the molecule is CN(C(=S)Oc1ccc(Cl)cc1)c1cc(B(O)O)c(Cl)cc1Cl. The van der Waals surface area contributed by atoms with E-state index in [-0.39, 0.29) is 15.7 Å². The molecule has 2 aromatic carbocycles.